The predicted octanol–water partition coefficient (Wildman–Crippen LogP) is 3.33. The lowest BCUT2D eigenvalue weighted by Crippen LogP contribution is -2.16. The lowest BCUT2D eigenvalue weighted by atomic mass is 10.1. The molecule has 0 saturated heterocycles. The summed E-state index contributed by atoms with van der Waals surface area (Å²) in [5.41, 5.74) is 1.16. The van der Waals surface area contributed by atoms with E-state index in [9.17, 15) is 9.90 Å². The van der Waals surface area contributed by atoms with E-state index in [1.54, 1.807) is 31.2 Å². The maximum absolute atomic E-state index is 12.0. The molecule has 19 heavy (non-hydrogen) atoms. The van der Waals surface area contributed by atoms with Crippen molar-refractivity contribution in [2.45, 2.75) is 19.8 Å². The second-order valence-corrected chi connectivity index (χ2v) is 5.00. The molecule has 4 nitrogen and oxygen atoms in total. The van der Waals surface area contributed by atoms with Crippen LogP contribution in [0.4, 0.5) is 5.69 Å². The molecule has 0 aliphatic heterocycles. The third kappa shape index (κ3) is 3.07. The molecule has 0 aromatic heterocycles. The van der Waals surface area contributed by atoms with E-state index >= 15 is 0 Å². The summed E-state index contributed by atoms with van der Waals surface area (Å²) < 4.78 is 0. The summed E-state index contributed by atoms with van der Waals surface area (Å²) in [6.45, 7) is 1.80. The fourth-order valence-electron chi connectivity index (χ4n) is 1.74. The van der Waals surface area contributed by atoms with E-state index in [1.807, 2.05) is 0 Å². The van der Waals surface area contributed by atoms with E-state index in [-0.39, 0.29) is 17.3 Å². The summed E-state index contributed by atoms with van der Waals surface area (Å²) >= 11 is 5.83. The average Bonchev–Trinajstić information content (AvgIpc) is 3.17. The van der Waals surface area contributed by atoms with E-state index in [2.05, 4.69) is 5.32 Å². The highest BCUT2D eigenvalue weighted by atomic mass is 35.5. The van der Waals surface area contributed by atoms with Gasteiger partial charge < -0.3 is 10.4 Å². The molecular weight excluding hydrogens is 264 g/mol. The third-order valence-electron chi connectivity index (χ3n) is 3.00. The summed E-state index contributed by atoms with van der Waals surface area (Å²) in [6.07, 6.45) is 1.65. The topological polar surface area (TPSA) is 73.1 Å². The van der Waals surface area contributed by atoms with Gasteiger partial charge in [0, 0.05) is 16.6 Å². The SMILES string of the molecule is Cc1cc(Cl)ccc1NC(=O)/C(C#N)=C(\O)C1CC1. The molecule has 0 radical (unpaired) electrons. The Morgan fingerprint density at radius 2 is 2.21 bits per heavy atom. The number of carbonyl (C=O) groups excluding carboxylic acids is 1. The van der Waals surface area contributed by atoms with Crippen LogP contribution in [0, 0.1) is 24.2 Å². The van der Waals surface area contributed by atoms with Crippen LogP contribution in [-0.2, 0) is 4.79 Å². The number of amides is 1. The molecule has 2 N–H and O–H groups in total. The lowest BCUT2D eigenvalue weighted by molar-refractivity contribution is -0.112. The number of halogens is 1. The van der Waals surface area contributed by atoms with Gasteiger partial charge in [-0.1, -0.05) is 11.6 Å². The number of nitriles is 1. The number of benzene rings is 1. The van der Waals surface area contributed by atoms with Crippen LogP contribution in [0.1, 0.15) is 18.4 Å². The predicted molar refractivity (Wildman–Crippen MR) is 72.8 cm³/mol. The Balaban J connectivity index is 2.21. The highest BCUT2D eigenvalue weighted by Crippen LogP contribution is 2.36. The molecule has 0 atom stereocenters. The van der Waals surface area contributed by atoms with Crippen molar-refractivity contribution in [1.29, 1.82) is 5.26 Å². The molecule has 1 aliphatic rings. The highest BCUT2D eigenvalue weighted by Gasteiger charge is 2.30. The standard InChI is InChI=1S/C14H13ClN2O2/c1-8-6-10(15)4-5-12(8)17-14(19)11(7-16)13(18)9-2-3-9/h4-6,9,18H,2-3H2,1H3,(H,17,19)/b13-11-. The molecule has 1 aromatic rings. The van der Waals surface area contributed by atoms with Crippen LogP contribution in [-0.4, -0.2) is 11.0 Å². The van der Waals surface area contributed by atoms with Crippen LogP contribution < -0.4 is 5.32 Å². The van der Waals surface area contributed by atoms with E-state index in [0.717, 1.165) is 18.4 Å². The number of hydrogen-bond acceptors (Lipinski definition) is 3. The van der Waals surface area contributed by atoms with Gasteiger partial charge in [0.15, 0.2) is 5.57 Å². The number of aryl methyl sites for hydroxylation is 1. The van der Waals surface area contributed by atoms with Gasteiger partial charge in [0.1, 0.15) is 11.8 Å². The van der Waals surface area contributed by atoms with Gasteiger partial charge in [-0.15, -0.1) is 0 Å². The Hall–Kier alpha value is -1.99. The van der Waals surface area contributed by atoms with E-state index in [0.29, 0.717) is 10.7 Å². The Kier molecular flexibility index (Phi) is 3.77. The number of allylic oxidation sites excluding steroid dienone is 1. The molecule has 1 amide bonds. The second kappa shape index (κ2) is 5.33. The number of carbonyl (C=O) groups is 1. The highest BCUT2D eigenvalue weighted by molar-refractivity contribution is 6.30. The molecule has 0 bridgehead atoms. The van der Waals surface area contributed by atoms with Crippen molar-refractivity contribution in [3.63, 3.8) is 0 Å². The van der Waals surface area contributed by atoms with Crippen LogP contribution in [0.2, 0.25) is 5.02 Å². The van der Waals surface area contributed by atoms with Crippen molar-refractivity contribution in [3.8, 4) is 6.07 Å². The summed E-state index contributed by atoms with van der Waals surface area (Å²) in [5, 5.41) is 22.0. The first-order chi connectivity index (χ1) is 9.02. The molecular formula is C14H13ClN2O2. The van der Waals surface area contributed by atoms with E-state index < -0.39 is 5.91 Å². The molecule has 0 heterocycles. The monoisotopic (exact) mass is 276 g/mol. The first-order valence-electron chi connectivity index (χ1n) is 5.93. The van der Waals surface area contributed by atoms with Crippen molar-refractivity contribution in [1.82, 2.24) is 0 Å². The van der Waals surface area contributed by atoms with E-state index in [4.69, 9.17) is 16.9 Å². The molecule has 0 unspecified atom stereocenters. The molecule has 98 valence electrons. The van der Waals surface area contributed by atoms with Gasteiger partial charge in [-0.3, -0.25) is 4.79 Å². The minimum atomic E-state index is -0.586. The summed E-state index contributed by atoms with van der Waals surface area (Å²) in [7, 11) is 0. The number of nitrogens with zero attached hydrogens (tertiary/aromatic N) is 1. The van der Waals surface area contributed by atoms with Crippen molar-refractivity contribution >= 4 is 23.2 Å². The van der Waals surface area contributed by atoms with Crippen LogP contribution in [0.5, 0.6) is 0 Å². The zero-order valence-corrected chi connectivity index (χ0v) is 11.2. The Bertz CT molecular complexity index is 598. The normalized spacial score (nSPS) is 15.4. The number of nitrogens with one attached hydrogen (secondary N) is 1. The van der Waals surface area contributed by atoms with E-state index in [1.165, 1.54) is 0 Å². The second-order valence-electron chi connectivity index (χ2n) is 4.56. The lowest BCUT2D eigenvalue weighted by Gasteiger charge is -2.09. The Labute approximate surface area is 116 Å². The Morgan fingerprint density at radius 3 is 2.74 bits per heavy atom. The summed E-state index contributed by atoms with van der Waals surface area (Å²) in [5.74, 6) is -0.726. The molecule has 5 heteroatoms. The Morgan fingerprint density at radius 1 is 1.53 bits per heavy atom. The largest absolute Gasteiger partial charge is 0.510 e. The molecule has 1 aliphatic carbocycles. The van der Waals surface area contributed by atoms with Crippen molar-refractivity contribution < 1.29 is 9.90 Å². The maximum atomic E-state index is 12.0. The third-order valence-corrected chi connectivity index (χ3v) is 3.23. The van der Waals surface area contributed by atoms with Gasteiger partial charge in [0.2, 0.25) is 0 Å². The first kappa shape index (κ1) is 13.4. The first-order valence-corrected chi connectivity index (χ1v) is 6.31. The van der Waals surface area contributed by atoms with Gasteiger partial charge in [-0.05, 0) is 43.5 Å². The van der Waals surface area contributed by atoms with Crippen LogP contribution >= 0.6 is 11.6 Å². The van der Waals surface area contributed by atoms with Gasteiger partial charge in [-0.2, -0.15) is 5.26 Å². The summed E-state index contributed by atoms with van der Waals surface area (Å²) in [4.78, 5) is 12.0. The fraction of sp³-hybridized carbons (Fsp3) is 0.286. The number of anilines is 1. The smallest absolute Gasteiger partial charge is 0.269 e. The zero-order chi connectivity index (χ0) is 14.0. The molecule has 0 spiro atoms. The summed E-state index contributed by atoms with van der Waals surface area (Å²) in [6, 6.07) is 6.80. The number of aliphatic hydroxyl groups excluding tert-OH is 1. The molecule has 2 rings (SSSR count). The van der Waals surface area contributed by atoms with Gasteiger partial charge in [0.25, 0.3) is 5.91 Å². The van der Waals surface area contributed by atoms with Crippen LogP contribution in [0.25, 0.3) is 0 Å². The van der Waals surface area contributed by atoms with Crippen molar-refractivity contribution in [2.75, 3.05) is 5.32 Å². The molecule has 1 saturated carbocycles. The molecule has 1 fully saturated rings. The van der Waals surface area contributed by atoms with Crippen molar-refractivity contribution in [2.24, 2.45) is 5.92 Å². The number of hydrogen-bond donors (Lipinski definition) is 2. The quantitative estimate of drug-likeness (QED) is 0.505. The molecule has 1 aromatic carbocycles. The zero-order valence-electron chi connectivity index (χ0n) is 10.4. The minimum absolute atomic E-state index is 0.0354. The van der Waals surface area contributed by atoms with Gasteiger partial charge >= 0.3 is 0 Å². The fourth-order valence-corrected chi connectivity index (χ4v) is 1.96. The number of aliphatic hydroxyl groups is 1. The van der Waals surface area contributed by atoms with Crippen LogP contribution in [0.3, 0.4) is 0 Å². The average molecular weight is 277 g/mol. The maximum Gasteiger partial charge on any atom is 0.269 e. The van der Waals surface area contributed by atoms with Crippen LogP contribution in [0.15, 0.2) is 29.5 Å². The van der Waals surface area contributed by atoms with Gasteiger partial charge in [-0.25, -0.2) is 0 Å². The van der Waals surface area contributed by atoms with Crippen molar-refractivity contribution in [3.05, 3.63) is 40.1 Å². The van der Waals surface area contributed by atoms with Gasteiger partial charge in [0.05, 0.1) is 0 Å². The number of rotatable bonds is 3. The minimum Gasteiger partial charge on any atom is -0.510 e.